The second kappa shape index (κ2) is 9.27. The summed E-state index contributed by atoms with van der Waals surface area (Å²) in [5, 5.41) is 18.3. The first kappa shape index (κ1) is 22.2. The molecule has 9 heteroatoms. The minimum Gasteiger partial charge on any atom is -0.469 e. The Bertz CT molecular complexity index is 1270. The summed E-state index contributed by atoms with van der Waals surface area (Å²) in [4.78, 5) is 18.6. The smallest absolute Gasteiger partial charge is 0.308 e. The number of hydrogen-bond acceptors (Lipinski definition) is 7. The number of hydrogen-bond donors (Lipinski definition) is 1. The van der Waals surface area contributed by atoms with Gasteiger partial charge in [0.05, 0.1) is 13.0 Å². The van der Waals surface area contributed by atoms with Crippen molar-refractivity contribution in [2.75, 3.05) is 26.7 Å². The first-order valence-corrected chi connectivity index (χ1v) is 11.3. The van der Waals surface area contributed by atoms with Gasteiger partial charge in [-0.2, -0.15) is 5.26 Å². The van der Waals surface area contributed by atoms with Gasteiger partial charge in [-0.3, -0.25) is 10.2 Å². The van der Waals surface area contributed by atoms with E-state index >= 15 is 0 Å². The predicted octanol–water partition coefficient (Wildman–Crippen LogP) is 3.60. The van der Waals surface area contributed by atoms with Gasteiger partial charge in [-0.25, -0.2) is 4.98 Å². The molecule has 1 N–H and O–H groups in total. The van der Waals surface area contributed by atoms with Crippen LogP contribution in [0, 0.1) is 29.6 Å². The summed E-state index contributed by atoms with van der Waals surface area (Å²) in [6, 6.07) is 7.93. The zero-order valence-corrected chi connectivity index (χ0v) is 19.6. The van der Waals surface area contributed by atoms with Crippen molar-refractivity contribution >= 4 is 33.0 Å². The van der Waals surface area contributed by atoms with Crippen molar-refractivity contribution in [3.8, 4) is 17.5 Å². The largest absolute Gasteiger partial charge is 0.469 e. The van der Waals surface area contributed by atoms with Crippen LogP contribution in [0.2, 0.25) is 0 Å². The van der Waals surface area contributed by atoms with Crippen LogP contribution in [-0.2, 0) is 16.1 Å². The molecule has 3 heterocycles. The predicted molar refractivity (Wildman–Crippen MR) is 122 cm³/mol. The van der Waals surface area contributed by atoms with Gasteiger partial charge in [0.1, 0.15) is 11.6 Å². The molecule has 0 atom stereocenters. The topological polar surface area (TPSA) is 108 Å². The summed E-state index contributed by atoms with van der Waals surface area (Å²) in [7, 11) is 1.43. The van der Waals surface area contributed by atoms with Gasteiger partial charge in [0.25, 0.3) is 0 Å². The Morgan fingerprint density at radius 3 is 2.81 bits per heavy atom. The average Bonchev–Trinajstić information content (AvgIpc) is 3.26. The summed E-state index contributed by atoms with van der Waals surface area (Å²) >= 11 is 3.52. The standard InChI is InChI=1S/C23H24BrN5O3/c1-14-17(4-3-5-18(14)24)22-27-19-20(32-22)16(12-25)13-29(21(19)26)11-10-28-8-6-15(7-9-28)23(30)31-2/h3-5,13,15,26H,6-11H2,1-2H3. The molecule has 0 aliphatic carbocycles. The maximum atomic E-state index is 11.7. The number of carbonyl (C=O) groups is 1. The maximum Gasteiger partial charge on any atom is 0.308 e. The quantitative estimate of drug-likeness (QED) is 0.539. The fourth-order valence-electron chi connectivity index (χ4n) is 4.10. The molecular formula is C23H24BrN5O3. The van der Waals surface area contributed by atoms with Gasteiger partial charge in [0, 0.05) is 29.3 Å². The zero-order chi connectivity index (χ0) is 22.8. The second-order valence-electron chi connectivity index (χ2n) is 7.94. The Balaban J connectivity index is 1.58. The van der Waals surface area contributed by atoms with Gasteiger partial charge in [0.15, 0.2) is 16.6 Å². The van der Waals surface area contributed by atoms with Crippen LogP contribution in [0.3, 0.4) is 0 Å². The number of piperidine rings is 1. The number of esters is 1. The highest BCUT2D eigenvalue weighted by atomic mass is 79.9. The molecule has 2 aromatic heterocycles. The molecule has 32 heavy (non-hydrogen) atoms. The highest BCUT2D eigenvalue weighted by Crippen LogP contribution is 2.30. The zero-order valence-electron chi connectivity index (χ0n) is 18.0. The molecule has 1 aromatic carbocycles. The average molecular weight is 498 g/mol. The van der Waals surface area contributed by atoms with Crippen molar-refractivity contribution < 1.29 is 13.9 Å². The second-order valence-corrected chi connectivity index (χ2v) is 8.80. The Labute approximate surface area is 194 Å². The van der Waals surface area contributed by atoms with Crippen LogP contribution >= 0.6 is 15.9 Å². The van der Waals surface area contributed by atoms with E-state index in [0.29, 0.717) is 29.1 Å². The van der Waals surface area contributed by atoms with Crippen LogP contribution in [0.25, 0.3) is 22.6 Å². The van der Waals surface area contributed by atoms with E-state index in [9.17, 15) is 10.1 Å². The molecule has 0 bridgehead atoms. The summed E-state index contributed by atoms with van der Waals surface area (Å²) < 4.78 is 13.5. The molecule has 0 radical (unpaired) electrons. The van der Waals surface area contributed by atoms with Gasteiger partial charge in [-0.15, -0.1) is 0 Å². The monoisotopic (exact) mass is 497 g/mol. The van der Waals surface area contributed by atoms with E-state index in [-0.39, 0.29) is 17.4 Å². The van der Waals surface area contributed by atoms with Crippen molar-refractivity contribution in [3.05, 3.63) is 45.5 Å². The number of nitrogens with one attached hydrogen (secondary N) is 1. The number of halogens is 1. The first-order valence-electron chi connectivity index (χ1n) is 10.5. The van der Waals surface area contributed by atoms with Crippen molar-refractivity contribution in [3.63, 3.8) is 0 Å². The number of nitrogens with zero attached hydrogens (tertiary/aromatic N) is 4. The van der Waals surface area contributed by atoms with Crippen LogP contribution in [0.4, 0.5) is 0 Å². The third-order valence-electron chi connectivity index (χ3n) is 6.07. The number of nitriles is 1. The molecule has 1 aliphatic rings. The van der Waals surface area contributed by atoms with E-state index in [2.05, 4.69) is 31.9 Å². The highest BCUT2D eigenvalue weighted by molar-refractivity contribution is 9.10. The number of carbonyl (C=O) groups excluding carboxylic acids is 1. The number of ether oxygens (including phenoxy) is 1. The highest BCUT2D eigenvalue weighted by Gasteiger charge is 2.25. The summed E-state index contributed by atoms with van der Waals surface area (Å²) in [6.07, 6.45) is 3.20. The Morgan fingerprint density at radius 1 is 1.38 bits per heavy atom. The van der Waals surface area contributed by atoms with Crippen molar-refractivity contribution in [2.45, 2.75) is 26.3 Å². The van der Waals surface area contributed by atoms with Gasteiger partial charge < -0.3 is 18.6 Å². The molecule has 1 saturated heterocycles. The molecule has 8 nitrogen and oxygen atoms in total. The number of likely N-dealkylation sites (tertiary alicyclic amines) is 1. The molecule has 1 fully saturated rings. The van der Waals surface area contributed by atoms with Crippen LogP contribution in [-0.4, -0.2) is 47.2 Å². The number of pyridine rings is 1. The molecule has 0 saturated carbocycles. The summed E-state index contributed by atoms with van der Waals surface area (Å²) in [6.45, 7) is 4.83. The van der Waals surface area contributed by atoms with E-state index in [1.54, 1.807) is 10.8 Å². The lowest BCUT2D eigenvalue weighted by Crippen LogP contribution is -2.39. The molecule has 0 spiro atoms. The fourth-order valence-corrected chi connectivity index (χ4v) is 4.46. The van der Waals surface area contributed by atoms with E-state index in [4.69, 9.17) is 14.6 Å². The number of rotatable bonds is 5. The third-order valence-corrected chi connectivity index (χ3v) is 6.93. The number of oxazole rings is 1. The van der Waals surface area contributed by atoms with E-state index in [0.717, 1.165) is 48.1 Å². The third kappa shape index (κ3) is 4.20. The molecule has 166 valence electrons. The normalized spacial score (nSPS) is 15.1. The van der Waals surface area contributed by atoms with Crippen LogP contribution < -0.4 is 5.49 Å². The molecular weight excluding hydrogens is 474 g/mol. The number of methoxy groups -OCH3 is 1. The minimum atomic E-state index is -0.140. The Morgan fingerprint density at radius 2 is 2.12 bits per heavy atom. The first-order chi connectivity index (χ1) is 15.4. The number of fused-ring (bicyclic) bond motifs is 1. The molecule has 0 amide bonds. The molecule has 1 aliphatic heterocycles. The minimum absolute atomic E-state index is 0.0350. The van der Waals surface area contributed by atoms with Gasteiger partial charge in [-0.1, -0.05) is 22.0 Å². The summed E-state index contributed by atoms with van der Waals surface area (Å²) in [5.41, 5.74) is 3.08. The van der Waals surface area contributed by atoms with E-state index in [1.165, 1.54) is 7.11 Å². The maximum absolute atomic E-state index is 11.7. The van der Waals surface area contributed by atoms with Gasteiger partial charge in [0.2, 0.25) is 5.89 Å². The van der Waals surface area contributed by atoms with Crippen LogP contribution in [0.1, 0.15) is 24.0 Å². The molecule has 3 aromatic rings. The van der Waals surface area contributed by atoms with E-state index < -0.39 is 0 Å². The van der Waals surface area contributed by atoms with Crippen molar-refractivity contribution in [1.82, 2.24) is 14.5 Å². The van der Waals surface area contributed by atoms with E-state index in [1.807, 2.05) is 25.1 Å². The lowest BCUT2D eigenvalue weighted by atomic mass is 9.97. The number of aromatic nitrogens is 2. The lowest BCUT2D eigenvalue weighted by molar-refractivity contribution is -0.147. The lowest BCUT2D eigenvalue weighted by Gasteiger charge is -2.30. The summed E-state index contributed by atoms with van der Waals surface area (Å²) in [5.74, 6) is 0.220. The van der Waals surface area contributed by atoms with Crippen LogP contribution in [0.15, 0.2) is 33.3 Å². The van der Waals surface area contributed by atoms with Gasteiger partial charge >= 0.3 is 5.97 Å². The van der Waals surface area contributed by atoms with Crippen molar-refractivity contribution in [2.24, 2.45) is 5.92 Å². The molecule has 0 unspecified atom stereocenters. The Kier molecular flexibility index (Phi) is 6.44. The Hall–Kier alpha value is -2.96. The fraction of sp³-hybridized carbons (Fsp3) is 0.391. The van der Waals surface area contributed by atoms with Crippen LogP contribution in [0.5, 0.6) is 0 Å². The SMILES string of the molecule is COC(=O)C1CCN(CCn2cc(C#N)c3oc(-c4cccc(Br)c4C)nc3c2=N)CC1. The number of benzene rings is 1. The van der Waals surface area contributed by atoms with Gasteiger partial charge in [-0.05, 0) is 50.6 Å². The molecule has 4 rings (SSSR count). The van der Waals surface area contributed by atoms with Crippen molar-refractivity contribution in [1.29, 1.82) is 10.7 Å².